The van der Waals surface area contributed by atoms with Gasteiger partial charge in [0.25, 0.3) is 5.69 Å². The number of carbonyl (C=O) groups is 1. The molecule has 0 aliphatic rings. The van der Waals surface area contributed by atoms with Crippen molar-refractivity contribution in [3.8, 4) is 0 Å². The van der Waals surface area contributed by atoms with E-state index in [1.165, 1.54) is 12.3 Å². The highest BCUT2D eigenvalue weighted by Crippen LogP contribution is 2.11. The van der Waals surface area contributed by atoms with E-state index in [4.69, 9.17) is 4.74 Å². The Kier molecular flexibility index (Phi) is 6.63. The predicted molar refractivity (Wildman–Crippen MR) is 87.8 cm³/mol. The van der Waals surface area contributed by atoms with E-state index >= 15 is 0 Å². The number of pyridine rings is 2. The summed E-state index contributed by atoms with van der Waals surface area (Å²) in [6.45, 7) is 1.07. The number of nitro groups is 1. The number of carbonyl (C=O) groups excluding carboxylic acids is 1. The first-order valence-electron chi connectivity index (χ1n) is 7.58. The van der Waals surface area contributed by atoms with E-state index in [1.807, 2.05) is 0 Å². The maximum absolute atomic E-state index is 11.7. The molecule has 0 atom stereocenters. The molecule has 0 aliphatic carbocycles. The Labute approximate surface area is 139 Å². The number of ether oxygens (including phenoxy) is 1. The zero-order chi connectivity index (χ0) is 17.2. The molecule has 1 N–H and O–H groups in total. The van der Waals surface area contributed by atoms with Gasteiger partial charge in [0.2, 0.25) is 0 Å². The number of nitrogens with zero attached hydrogens (tertiary/aromatic N) is 3. The van der Waals surface area contributed by atoms with Gasteiger partial charge < -0.3 is 10.1 Å². The summed E-state index contributed by atoms with van der Waals surface area (Å²) >= 11 is 0. The Morgan fingerprint density at radius 3 is 2.62 bits per heavy atom. The van der Waals surface area contributed by atoms with E-state index in [0.29, 0.717) is 24.5 Å². The molecule has 2 rings (SSSR count). The summed E-state index contributed by atoms with van der Waals surface area (Å²) in [7, 11) is 0. The molecule has 8 nitrogen and oxygen atoms in total. The van der Waals surface area contributed by atoms with Crippen molar-refractivity contribution < 1.29 is 14.5 Å². The lowest BCUT2D eigenvalue weighted by atomic mass is 10.2. The fourth-order valence-electron chi connectivity index (χ4n) is 1.96. The number of anilines is 1. The number of unbranched alkanes of at least 4 members (excludes halogenated alkanes) is 2. The van der Waals surface area contributed by atoms with E-state index in [1.54, 1.807) is 30.6 Å². The molecule has 2 aromatic heterocycles. The lowest BCUT2D eigenvalue weighted by Crippen LogP contribution is -2.07. The fraction of sp³-hybridized carbons (Fsp3) is 0.312. The zero-order valence-electron chi connectivity index (χ0n) is 13.1. The van der Waals surface area contributed by atoms with Crippen LogP contribution in [0.4, 0.5) is 11.5 Å². The van der Waals surface area contributed by atoms with Crippen LogP contribution >= 0.6 is 0 Å². The van der Waals surface area contributed by atoms with Crippen molar-refractivity contribution in [3.05, 3.63) is 58.5 Å². The highest BCUT2D eigenvalue weighted by molar-refractivity contribution is 5.89. The Morgan fingerprint density at radius 1 is 1.17 bits per heavy atom. The minimum Gasteiger partial charge on any atom is -0.462 e. The maximum atomic E-state index is 11.7. The van der Waals surface area contributed by atoms with Crippen molar-refractivity contribution in [2.45, 2.75) is 19.3 Å². The van der Waals surface area contributed by atoms with Gasteiger partial charge in [-0.1, -0.05) is 0 Å². The van der Waals surface area contributed by atoms with Crippen molar-refractivity contribution >= 4 is 17.5 Å². The SMILES string of the molecule is O=C(OCCCCCNc1ccc([N+](=O)[O-])cn1)c1ccncc1. The van der Waals surface area contributed by atoms with Crippen LogP contribution in [0.1, 0.15) is 29.6 Å². The molecular weight excluding hydrogens is 312 g/mol. The van der Waals surface area contributed by atoms with E-state index in [-0.39, 0.29) is 11.7 Å². The molecule has 0 fully saturated rings. The van der Waals surface area contributed by atoms with Crippen LogP contribution in [-0.4, -0.2) is 34.0 Å². The highest BCUT2D eigenvalue weighted by atomic mass is 16.6. The summed E-state index contributed by atoms with van der Waals surface area (Å²) in [5.74, 6) is 0.260. The average molecular weight is 330 g/mol. The quantitative estimate of drug-likeness (QED) is 0.326. The van der Waals surface area contributed by atoms with Gasteiger partial charge in [0.05, 0.1) is 17.1 Å². The average Bonchev–Trinajstić information content (AvgIpc) is 2.62. The summed E-state index contributed by atoms with van der Waals surface area (Å²) in [5, 5.41) is 13.6. The lowest BCUT2D eigenvalue weighted by molar-refractivity contribution is -0.385. The standard InChI is InChI=1S/C16H18N4O4/c21-16(13-6-9-17-10-7-13)24-11-3-1-2-8-18-15-5-4-14(12-19-15)20(22)23/h4-7,9-10,12H,1-3,8,11H2,(H,18,19). The predicted octanol–water partition coefficient (Wildman–Crippen LogP) is 2.82. The first kappa shape index (κ1) is 17.3. The van der Waals surface area contributed by atoms with Crippen LogP contribution in [0.3, 0.4) is 0 Å². The molecule has 0 radical (unpaired) electrons. The first-order valence-corrected chi connectivity index (χ1v) is 7.58. The Balaban J connectivity index is 1.55. The molecule has 0 amide bonds. The normalized spacial score (nSPS) is 10.2. The molecule has 8 heteroatoms. The molecule has 0 aliphatic heterocycles. The van der Waals surface area contributed by atoms with Crippen molar-refractivity contribution in [1.82, 2.24) is 9.97 Å². The van der Waals surface area contributed by atoms with E-state index in [2.05, 4.69) is 15.3 Å². The second kappa shape index (κ2) is 9.19. The molecule has 0 saturated heterocycles. The van der Waals surface area contributed by atoms with Crippen LogP contribution in [0.25, 0.3) is 0 Å². The van der Waals surface area contributed by atoms with E-state index < -0.39 is 4.92 Å². The maximum Gasteiger partial charge on any atom is 0.338 e. The molecule has 0 bridgehead atoms. The minimum absolute atomic E-state index is 0.0310. The smallest absolute Gasteiger partial charge is 0.338 e. The van der Waals surface area contributed by atoms with Crippen LogP contribution in [0.15, 0.2) is 42.9 Å². The molecule has 24 heavy (non-hydrogen) atoms. The van der Waals surface area contributed by atoms with Crippen LogP contribution < -0.4 is 5.32 Å². The Hall–Kier alpha value is -3.03. The number of rotatable bonds is 9. The molecule has 0 spiro atoms. The third-order valence-electron chi connectivity index (χ3n) is 3.24. The van der Waals surface area contributed by atoms with Gasteiger partial charge in [-0.15, -0.1) is 0 Å². The van der Waals surface area contributed by atoms with Crippen molar-refractivity contribution in [1.29, 1.82) is 0 Å². The van der Waals surface area contributed by atoms with Gasteiger partial charge in [0.15, 0.2) is 0 Å². The van der Waals surface area contributed by atoms with Gasteiger partial charge in [0.1, 0.15) is 12.0 Å². The highest BCUT2D eigenvalue weighted by Gasteiger charge is 2.06. The van der Waals surface area contributed by atoms with Gasteiger partial charge in [-0.05, 0) is 37.5 Å². The number of hydrogen-bond acceptors (Lipinski definition) is 7. The van der Waals surface area contributed by atoms with E-state index in [0.717, 1.165) is 19.3 Å². The molecule has 2 heterocycles. The van der Waals surface area contributed by atoms with Gasteiger partial charge in [-0.2, -0.15) is 0 Å². The first-order chi connectivity index (χ1) is 11.7. The van der Waals surface area contributed by atoms with Crippen LogP contribution in [0.2, 0.25) is 0 Å². The second-order valence-electron chi connectivity index (χ2n) is 5.02. The Morgan fingerprint density at radius 2 is 1.96 bits per heavy atom. The third-order valence-corrected chi connectivity index (χ3v) is 3.24. The second-order valence-corrected chi connectivity index (χ2v) is 5.02. The topological polar surface area (TPSA) is 107 Å². The molecule has 0 unspecified atom stereocenters. The van der Waals surface area contributed by atoms with Gasteiger partial charge in [-0.25, -0.2) is 9.78 Å². The summed E-state index contributed by atoms with van der Waals surface area (Å²) in [4.78, 5) is 29.5. The van der Waals surface area contributed by atoms with Crippen molar-refractivity contribution in [3.63, 3.8) is 0 Å². The van der Waals surface area contributed by atoms with Crippen LogP contribution in [0, 0.1) is 10.1 Å². The molecule has 2 aromatic rings. The number of aromatic nitrogens is 2. The number of hydrogen-bond donors (Lipinski definition) is 1. The largest absolute Gasteiger partial charge is 0.462 e. The van der Waals surface area contributed by atoms with Crippen LogP contribution in [-0.2, 0) is 4.74 Å². The minimum atomic E-state index is -0.482. The van der Waals surface area contributed by atoms with Gasteiger partial charge in [-0.3, -0.25) is 15.1 Å². The number of nitrogens with one attached hydrogen (secondary N) is 1. The summed E-state index contributed by atoms with van der Waals surface area (Å²) in [6.07, 6.45) is 6.87. The summed E-state index contributed by atoms with van der Waals surface area (Å²) in [5.41, 5.74) is 0.465. The van der Waals surface area contributed by atoms with Crippen molar-refractivity contribution in [2.75, 3.05) is 18.5 Å². The fourth-order valence-corrected chi connectivity index (χ4v) is 1.96. The lowest BCUT2D eigenvalue weighted by Gasteiger charge is -2.06. The van der Waals surface area contributed by atoms with E-state index in [9.17, 15) is 14.9 Å². The van der Waals surface area contributed by atoms with Crippen molar-refractivity contribution in [2.24, 2.45) is 0 Å². The van der Waals surface area contributed by atoms with Crippen LogP contribution in [0.5, 0.6) is 0 Å². The summed E-state index contributed by atoms with van der Waals surface area (Å²) in [6, 6.07) is 6.22. The zero-order valence-corrected chi connectivity index (χ0v) is 13.1. The Bertz CT molecular complexity index is 662. The monoisotopic (exact) mass is 330 g/mol. The van der Waals surface area contributed by atoms with Gasteiger partial charge in [0, 0.05) is 25.0 Å². The number of esters is 1. The molecular formula is C16H18N4O4. The van der Waals surface area contributed by atoms with Gasteiger partial charge >= 0.3 is 5.97 Å². The third kappa shape index (κ3) is 5.64. The molecule has 0 saturated carbocycles. The molecule has 126 valence electrons. The molecule has 0 aromatic carbocycles. The summed E-state index contributed by atoms with van der Waals surface area (Å²) < 4.78 is 5.17.